The molecule has 25 heavy (non-hydrogen) atoms. The Kier molecular flexibility index (Phi) is 6.50. The molecule has 10 heteroatoms. The van der Waals surface area contributed by atoms with Gasteiger partial charge in [-0.3, -0.25) is 9.36 Å². The third-order valence-electron chi connectivity index (χ3n) is 3.38. The number of anilines is 2. The van der Waals surface area contributed by atoms with Crippen molar-refractivity contribution in [3.8, 4) is 11.8 Å². The Morgan fingerprint density at radius 3 is 2.96 bits per heavy atom. The van der Waals surface area contributed by atoms with Crippen LogP contribution in [0.1, 0.15) is 19.4 Å². The van der Waals surface area contributed by atoms with Crippen molar-refractivity contribution in [2.45, 2.75) is 24.5 Å². The second-order valence-electron chi connectivity index (χ2n) is 4.92. The summed E-state index contributed by atoms with van der Waals surface area (Å²) < 4.78 is 6.76. The van der Waals surface area contributed by atoms with Crippen LogP contribution in [0.15, 0.2) is 23.4 Å². The summed E-state index contributed by atoms with van der Waals surface area (Å²) in [4.78, 5) is 12.8. The molecule has 132 valence electrons. The molecule has 2 aromatic rings. The standard InChI is InChI=1S/C15H17ClN6O2S/c1-3-11(22-14(18)20-21-15(22)25-7-6-17)13(23)19-10-8-9(16)4-5-12(10)24-2/h4-5,8,11H,3,7H2,1-2H3,(H2,18,20)(H,19,23). The highest BCUT2D eigenvalue weighted by Crippen LogP contribution is 2.30. The predicted molar refractivity (Wildman–Crippen MR) is 96.7 cm³/mol. The minimum absolute atomic E-state index is 0.112. The molecule has 0 fully saturated rings. The molecule has 0 saturated carbocycles. The molecule has 0 aliphatic rings. The average Bonchev–Trinajstić information content (AvgIpc) is 2.95. The Balaban J connectivity index is 2.30. The van der Waals surface area contributed by atoms with Gasteiger partial charge in [0.2, 0.25) is 11.9 Å². The number of nitrogen functional groups attached to an aromatic ring is 1. The zero-order valence-electron chi connectivity index (χ0n) is 13.7. The Bertz CT molecular complexity index is 804. The van der Waals surface area contributed by atoms with Crippen LogP contribution in [-0.4, -0.2) is 33.5 Å². The van der Waals surface area contributed by atoms with Crippen molar-refractivity contribution in [1.29, 1.82) is 5.26 Å². The first-order chi connectivity index (χ1) is 12.0. The third-order valence-corrected chi connectivity index (χ3v) is 4.42. The average molecular weight is 381 g/mol. The van der Waals surface area contributed by atoms with E-state index in [0.29, 0.717) is 28.0 Å². The summed E-state index contributed by atoms with van der Waals surface area (Å²) in [6, 6.07) is 6.31. The van der Waals surface area contributed by atoms with Gasteiger partial charge in [-0.25, -0.2) is 0 Å². The number of ether oxygens (including phenoxy) is 1. The number of rotatable bonds is 7. The maximum Gasteiger partial charge on any atom is 0.247 e. The number of halogens is 1. The molecule has 1 aromatic carbocycles. The minimum atomic E-state index is -0.639. The highest BCUT2D eigenvalue weighted by atomic mass is 35.5. The molecule has 1 unspecified atom stereocenters. The quantitative estimate of drug-likeness (QED) is 0.708. The summed E-state index contributed by atoms with van der Waals surface area (Å²) in [5.41, 5.74) is 6.32. The molecule has 0 radical (unpaired) electrons. The monoisotopic (exact) mass is 380 g/mol. The first-order valence-electron chi connectivity index (χ1n) is 7.36. The fourth-order valence-electron chi connectivity index (χ4n) is 2.26. The van der Waals surface area contributed by atoms with Gasteiger partial charge in [0.1, 0.15) is 11.8 Å². The van der Waals surface area contributed by atoms with Gasteiger partial charge in [-0.1, -0.05) is 30.3 Å². The largest absolute Gasteiger partial charge is 0.495 e. The number of benzene rings is 1. The molecule has 1 aromatic heterocycles. The fraction of sp³-hybridized carbons (Fsp3) is 0.333. The number of carbonyl (C=O) groups is 1. The van der Waals surface area contributed by atoms with Crippen molar-refractivity contribution >= 4 is 40.9 Å². The summed E-state index contributed by atoms with van der Waals surface area (Å²) in [5, 5.41) is 20.2. The molecule has 8 nitrogen and oxygen atoms in total. The van der Waals surface area contributed by atoms with E-state index in [4.69, 9.17) is 27.3 Å². The maximum absolute atomic E-state index is 12.8. The topological polar surface area (TPSA) is 119 Å². The smallest absolute Gasteiger partial charge is 0.247 e. The van der Waals surface area contributed by atoms with Gasteiger partial charge in [0, 0.05) is 5.02 Å². The van der Waals surface area contributed by atoms with E-state index < -0.39 is 6.04 Å². The number of methoxy groups -OCH3 is 1. The Labute approximate surface area is 154 Å². The lowest BCUT2D eigenvalue weighted by Gasteiger charge is -2.19. The Morgan fingerprint density at radius 1 is 1.56 bits per heavy atom. The van der Waals surface area contributed by atoms with Crippen molar-refractivity contribution in [1.82, 2.24) is 14.8 Å². The van der Waals surface area contributed by atoms with Gasteiger partial charge in [0.05, 0.1) is 24.6 Å². The van der Waals surface area contributed by atoms with E-state index in [1.807, 2.05) is 13.0 Å². The summed E-state index contributed by atoms with van der Waals surface area (Å²) in [7, 11) is 1.50. The van der Waals surface area contributed by atoms with Gasteiger partial charge in [0.25, 0.3) is 0 Å². The third kappa shape index (κ3) is 4.35. The number of aromatic nitrogens is 3. The van der Waals surface area contributed by atoms with Crippen LogP contribution in [0.4, 0.5) is 11.6 Å². The van der Waals surface area contributed by atoms with E-state index in [9.17, 15) is 4.79 Å². The Hall–Kier alpha value is -2.44. The van der Waals surface area contributed by atoms with Crippen LogP contribution in [0.2, 0.25) is 5.02 Å². The molecular weight excluding hydrogens is 364 g/mol. The van der Waals surface area contributed by atoms with Crippen LogP contribution in [0.3, 0.4) is 0 Å². The van der Waals surface area contributed by atoms with Crippen molar-refractivity contribution in [3.05, 3.63) is 23.2 Å². The molecule has 0 spiro atoms. The molecule has 1 heterocycles. The molecule has 0 aliphatic carbocycles. The van der Waals surface area contributed by atoms with E-state index in [0.717, 1.165) is 0 Å². The van der Waals surface area contributed by atoms with E-state index in [2.05, 4.69) is 15.5 Å². The molecule has 0 bridgehead atoms. The van der Waals surface area contributed by atoms with Crippen LogP contribution >= 0.6 is 23.4 Å². The molecule has 2 rings (SSSR count). The number of nitrogens with two attached hydrogens (primary N) is 1. The molecule has 1 atom stereocenters. The first kappa shape index (κ1) is 18.9. The van der Waals surface area contributed by atoms with Crippen molar-refractivity contribution in [3.63, 3.8) is 0 Å². The molecule has 3 N–H and O–H groups in total. The lowest BCUT2D eigenvalue weighted by molar-refractivity contribution is -0.119. The van der Waals surface area contributed by atoms with Gasteiger partial charge in [-0.2, -0.15) is 5.26 Å². The van der Waals surface area contributed by atoms with Crippen molar-refractivity contribution in [2.24, 2.45) is 0 Å². The molecular formula is C15H17ClN6O2S. The van der Waals surface area contributed by atoms with Gasteiger partial charge >= 0.3 is 0 Å². The lowest BCUT2D eigenvalue weighted by Crippen LogP contribution is -2.27. The summed E-state index contributed by atoms with van der Waals surface area (Å²) in [6.07, 6.45) is 0.455. The van der Waals surface area contributed by atoms with Gasteiger partial charge in [-0.05, 0) is 24.6 Å². The van der Waals surface area contributed by atoms with Crippen LogP contribution in [0, 0.1) is 11.3 Å². The molecule has 0 saturated heterocycles. The second kappa shape index (κ2) is 8.60. The number of thioether (sulfide) groups is 1. The fourth-order valence-corrected chi connectivity index (χ4v) is 3.08. The van der Waals surface area contributed by atoms with E-state index in [-0.39, 0.29) is 17.6 Å². The normalized spacial score (nSPS) is 11.6. The Morgan fingerprint density at radius 2 is 2.32 bits per heavy atom. The highest BCUT2D eigenvalue weighted by molar-refractivity contribution is 7.99. The van der Waals surface area contributed by atoms with Crippen LogP contribution in [0.25, 0.3) is 0 Å². The second-order valence-corrected chi connectivity index (χ2v) is 6.29. The summed E-state index contributed by atoms with van der Waals surface area (Å²) in [6.45, 7) is 1.84. The summed E-state index contributed by atoms with van der Waals surface area (Å²) >= 11 is 7.16. The number of amides is 1. The lowest BCUT2D eigenvalue weighted by atomic mass is 10.2. The van der Waals surface area contributed by atoms with Crippen LogP contribution < -0.4 is 15.8 Å². The van der Waals surface area contributed by atoms with Crippen LogP contribution in [0.5, 0.6) is 5.75 Å². The van der Waals surface area contributed by atoms with E-state index >= 15 is 0 Å². The molecule has 1 amide bonds. The van der Waals surface area contributed by atoms with Gasteiger partial charge in [0.15, 0.2) is 5.16 Å². The minimum Gasteiger partial charge on any atom is -0.495 e. The van der Waals surface area contributed by atoms with E-state index in [1.54, 1.807) is 18.2 Å². The number of nitrogens with one attached hydrogen (secondary N) is 1. The van der Waals surface area contributed by atoms with Crippen molar-refractivity contribution in [2.75, 3.05) is 23.9 Å². The number of hydrogen-bond donors (Lipinski definition) is 2. The van der Waals surface area contributed by atoms with Gasteiger partial charge < -0.3 is 15.8 Å². The highest BCUT2D eigenvalue weighted by Gasteiger charge is 2.25. The van der Waals surface area contributed by atoms with Crippen LogP contribution in [-0.2, 0) is 4.79 Å². The predicted octanol–water partition coefficient (Wildman–Crippen LogP) is 2.73. The zero-order valence-corrected chi connectivity index (χ0v) is 15.3. The SMILES string of the molecule is CCC(C(=O)Nc1cc(Cl)ccc1OC)n1c(N)nnc1SCC#N. The number of nitrogens with zero attached hydrogens (tertiary/aromatic N) is 4. The number of nitriles is 1. The summed E-state index contributed by atoms with van der Waals surface area (Å²) in [5.74, 6) is 0.468. The number of hydrogen-bond acceptors (Lipinski definition) is 7. The maximum atomic E-state index is 12.8. The molecule has 0 aliphatic heterocycles. The van der Waals surface area contributed by atoms with E-state index in [1.165, 1.54) is 23.4 Å². The van der Waals surface area contributed by atoms with Crippen molar-refractivity contribution < 1.29 is 9.53 Å². The zero-order chi connectivity index (χ0) is 18.4. The van der Waals surface area contributed by atoms with Gasteiger partial charge in [-0.15, -0.1) is 10.2 Å². The number of carbonyl (C=O) groups excluding carboxylic acids is 1. The first-order valence-corrected chi connectivity index (χ1v) is 8.72.